The predicted molar refractivity (Wildman–Crippen MR) is 66.5 cm³/mol. The number of hydrogen-bond acceptors (Lipinski definition) is 4. The van der Waals surface area contributed by atoms with Crippen molar-refractivity contribution in [3.05, 3.63) is 40.5 Å². The topological polar surface area (TPSA) is 90.5 Å². The van der Waals surface area contributed by atoms with Crippen LogP contribution in [-0.4, -0.2) is 10.2 Å². The molecule has 17 heavy (non-hydrogen) atoms. The van der Waals surface area contributed by atoms with Crippen LogP contribution in [0.25, 0.3) is 0 Å². The average molecular weight is 248 g/mol. The quantitative estimate of drug-likeness (QED) is 0.775. The first-order chi connectivity index (χ1) is 8.20. The monoisotopic (exact) mass is 247 g/mol. The lowest BCUT2D eigenvalue weighted by Gasteiger charge is -2.07. The number of benzene rings is 1. The summed E-state index contributed by atoms with van der Waals surface area (Å²) >= 11 is 5.87. The highest BCUT2D eigenvalue weighted by Crippen LogP contribution is 2.21. The van der Waals surface area contributed by atoms with E-state index in [-0.39, 0.29) is 0 Å². The minimum Gasteiger partial charge on any atom is -0.384 e. The van der Waals surface area contributed by atoms with Gasteiger partial charge in [-0.3, -0.25) is 5.10 Å². The lowest BCUT2D eigenvalue weighted by Crippen LogP contribution is -2.02. The molecule has 6 heteroatoms. The van der Waals surface area contributed by atoms with E-state index in [1.807, 2.05) is 0 Å². The number of hydrogen-bond donors (Lipinski definition) is 3. The van der Waals surface area contributed by atoms with E-state index in [2.05, 4.69) is 21.6 Å². The zero-order valence-electron chi connectivity index (χ0n) is 8.87. The van der Waals surface area contributed by atoms with Crippen LogP contribution in [0.1, 0.15) is 11.1 Å². The number of aromatic nitrogens is 2. The summed E-state index contributed by atoms with van der Waals surface area (Å²) in [5.74, 6) is 0.512. The van der Waals surface area contributed by atoms with Crippen LogP contribution in [0, 0.1) is 11.3 Å². The molecule has 5 nitrogen and oxygen atoms in total. The van der Waals surface area contributed by atoms with Crippen LogP contribution in [0.5, 0.6) is 0 Å². The van der Waals surface area contributed by atoms with Gasteiger partial charge in [-0.1, -0.05) is 11.6 Å². The summed E-state index contributed by atoms with van der Waals surface area (Å²) in [6, 6.07) is 7.14. The number of nitrogens with two attached hydrogens (primary N) is 1. The van der Waals surface area contributed by atoms with E-state index in [0.29, 0.717) is 28.6 Å². The number of nitriles is 1. The summed E-state index contributed by atoms with van der Waals surface area (Å²) in [5.41, 5.74) is 7.72. The maximum Gasteiger partial charge on any atom is 0.123 e. The molecule has 0 saturated heterocycles. The van der Waals surface area contributed by atoms with Crippen molar-refractivity contribution >= 4 is 23.1 Å². The molecule has 1 aromatic heterocycles. The third-order valence-electron chi connectivity index (χ3n) is 2.32. The van der Waals surface area contributed by atoms with Crippen molar-refractivity contribution in [2.24, 2.45) is 0 Å². The van der Waals surface area contributed by atoms with E-state index in [1.54, 1.807) is 24.4 Å². The molecule has 0 fully saturated rings. The van der Waals surface area contributed by atoms with Gasteiger partial charge in [0.2, 0.25) is 0 Å². The van der Waals surface area contributed by atoms with Crippen molar-refractivity contribution in [3.8, 4) is 6.07 Å². The number of nitrogens with zero attached hydrogens (tertiary/aromatic N) is 2. The highest BCUT2D eigenvalue weighted by atomic mass is 35.5. The maximum atomic E-state index is 8.94. The fourth-order valence-electron chi connectivity index (χ4n) is 1.41. The van der Waals surface area contributed by atoms with E-state index in [4.69, 9.17) is 22.6 Å². The number of halogens is 1. The molecule has 0 aliphatic carbocycles. The summed E-state index contributed by atoms with van der Waals surface area (Å²) in [4.78, 5) is 0. The van der Waals surface area contributed by atoms with Crippen molar-refractivity contribution in [2.45, 2.75) is 6.54 Å². The Bertz CT molecular complexity index is 569. The SMILES string of the molecule is N#Cc1ccc(Cl)cc1NCc1cn[nH]c1N. The fraction of sp³-hybridized carbons (Fsp3) is 0.0909. The van der Waals surface area contributed by atoms with E-state index < -0.39 is 0 Å². The van der Waals surface area contributed by atoms with Crippen LogP contribution in [0.15, 0.2) is 24.4 Å². The molecule has 0 atom stereocenters. The molecule has 0 radical (unpaired) electrons. The van der Waals surface area contributed by atoms with Gasteiger partial charge in [0.1, 0.15) is 11.9 Å². The third kappa shape index (κ3) is 2.49. The Hall–Kier alpha value is -2.19. The van der Waals surface area contributed by atoms with Gasteiger partial charge in [0.15, 0.2) is 0 Å². The van der Waals surface area contributed by atoms with Gasteiger partial charge in [-0.2, -0.15) is 10.4 Å². The van der Waals surface area contributed by atoms with Crippen molar-refractivity contribution in [2.75, 3.05) is 11.1 Å². The Morgan fingerprint density at radius 1 is 1.53 bits per heavy atom. The summed E-state index contributed by atoms with van der Waals surface area (Å²) in [6.45, 7) is 0.483. The summed E-state index contributed by atoms with van der Waals surface area (Å²) < 4.78 is 0. The Morgan fingerprint density at radius 3 is 3.00 bits per heavy atom. The summed E-state index contributed by atoms with van der Waals surface area (Å²) in [7, 11) is 0. The Labute approximate surface area is 103 Å². The second-order valence-electron chi connectivity index (χ2n) is 3.46. The zero-order valence-corrected chi connectivity index (χ0v) is 9.62. The van der Waals surface area contributed by atoms with Gasteiger partial charge in [0.25, 0.3) is 0 Å². The molecule has 0 aliphatic heterocycles. The van der Waals surface area contributed by atoms with Crippen LogP contribution >= 0.6 is 11.6 Å². The molecule has 0 saturated carbocycles. The molecule has 0 aliphatic rings. The number of nitrogens with one attached hydrogen (secondary N) is 2. The summed E-state index contributed by atoms with van der Waals surface area (Å²) in [6.07, 6.45) is 1.64. The van der Waals surface area contributed by atoms with Gasteiger partial charge in [-0.15, -0.1) is 0 Å². The lowest BCUT2D eigenvalue weighted by atomic mass is 10.2. The normalized spacial score (nSPS) is 9.88. The minimum atomic E-state index is 0.483. The predicted octanol–water partition coefficient (Wildman–Crippen LogP) is 2.13. The zero-order chi connectivity index (χ0) is 12.3. The number of aromatic amines is 1. The Kier molecular flexibility index (Phi) is 3.17. The van der Waals surface area contributed by atoms with Crippen LogP contribution in [0.3, 0.4) is 0 Å². The Morgan fingerprint density at radius 2 is 2.35 bits per heavy atom. The van der Waals surface area contributed by atoms with Crippen LogP contribution in [0.2, 0.25) is 5.02 Å². The molecule has 0 spiro atoms. The highest BCUT2D eigenvalue weighted by Gasteiger charge is 2.05. The largest absolute Gasteiger partial charge is 0.384 e. The molecule has 86 valence electrons. The number of nitrogen functional groups attached to an aromatic ring is 1. The number of H-pyrrole nitrogens is 1. The summed E-state index contributed by atoms with van der Waals surface area (Å²) in [5, 5.41) is 19.1. The molecule has 1 heterocycles. The molecule has 2 aromatic rings. The number of rotatable bonds is 3. The fourth-order valence-corrected chi connectivity index (χ4v) is 1.58. The van der Waals surface area contributed by atoms with E-state index in [1.165, 1.54) is 0 Å². The molecule has 4 N–H and O–H groups in total. The molecule has 2 rings (SSSR count). The highest BCUT2D eigenvalue weighted by molar-refractivity contribution is 6.30. The standard InChI is InChI=1S/C11H10ClN5/c12-9-2-1-7(4-13)10(3-9)15-5-8-6-16-17-11(8)14/h1-3,6,15H,5H2,(H3,14,16,17). The van der Waals surface area contributed by atoms with Gasteiger partial charge in [0.05, 0.1) is 17.4 Å². The third-order valence-corrected chi connectivity index (χ3v) is 2.56. The number of anilines is 2. The maximum absolute atomic E-state index is 8.94. The molecule has 1 aromatic carbocycles. The smallest absolute Gasteiger partial charge is 0.123 e. The van der Waals surface area contributed by atoms with Gasteiger partial charge < -0.3 is 11.1 Å². The first-order valence-electron chi connectivity index (χ1n) is 4.92. The first-order valence-corrected chi connectivity index (χ1v) is 5.29. The van der Waals surface area contributed by atoms with Crippen molar-refractivity contribution in [1.82, 2.24) is 10.2 Å². The molecular weight excluding hydrogens is 238 g/mol. The van der Waals surface area contributed by atoms with E-state index >= 15 is 0 Å². The van der Waals surface area contributed by atoms with Crippen LogP contribution < -0.4 is 11.1 Å². The van der Waals surface area contributed by atoms with Crippen LogP contribution in [0.4, 0.5) is 11.5 Å². The minimum absolute atomic E-state index is 0.483. The second kappa shape index (κ2) is 4.76. The van der Waals surface area contributed by atoms with Gasteiger partial charge in [-0.05, 0) is 18.2 Å². The van der Waals surface area contributed by atoms with Crippen molar-refractivity contribution in [1.29, 1.82) is 5.26 Å². The Balaban J connectivity index is 2.17. The second-order valence-corrected chi connectivity index (χ2v) is 3.90. The van der Waals surface area contributed by atoms with Crippen LogP contribution in [-0.2, 0) is 6.54 Å². The van der Waals surface area contributed by atoms with Crippen molar-refractivity contribution < 1.29 is 0 Å². The van der Waals surface area contributed by atoms with Crippen molar-refractivity contribution in [3.63, 3.8) is 0 Å². The van der Waals surface area contributed by atoms with Gasteiger partial charge >= 0.3 is 0 Å². The molecule has 0 bridgehead atoms. The molecule has 0 unspecified atom stereocenters. The van der Waals surface area contributed by atoms with Gasteiger partial charge in [-0.25, -0.2) is 0 Å². The first kappa shape index (κ1) is 11.3. The average Bonchev–Trinajstić information content (AvgIpc) is 2.72. The van der Waals surface area contributed by atoms with Gasteiger partial charge in [0, 0.05) is 17.1 Å². The molecule has 0 amide bonds. The van der Waals surface area contributed by atoms with E-state index in [0.717, 1.165) is 5.56 Å². The lowest BCUT2D eigenvalue weighted by molar-refractivity contribution is 1.10. The van der Waals surface area contributed by atoms with E-state index in [9.17, 15) is 0 Å². The molecular formula is C11H10ClN5.